The van der Waals surface area contributed by atoms with E-state index in [1.807, 2.05) is 0 Å². The van der Waals surface area contributed by atoms with Gasteiger partial charge in [-0.15, -0.1) is 0 Å². The first kappa shape index (κ1) is 14.7. The average molecular weight is 290 g/mol. The van der Waals surface area contributed by atoms with E-state index in [0.29, 0.717) is 25.4 Å². The largest absolute Gasteiger partial charge is 0.480 e. The molecule has 0 bridgehead atoms. The van der Waals surface area contributed by atoms with Gasteiger partial charge in [0.25, 0.3) is 10.2 Å². The SMILES string of the molecule is O=C(O)C1CCCCN1S(=O)(=O)NCCC1CCC1. The molecule has 1 heterocycles. The summed E-state index contributed by atoms with van der Waals surface area (Å²) in [5.41, 5.74) is 0. The molecule has 0 radical (unpaired) electrons. The monoisotopic (exact) mass is 290 g/mol. The van der Waals surface area contributed by atoms with E-state index >= 15 is 0 Å². The van der Waals surface area contributed by atoms with Crippen molar-refractivity contribution in [1.82, 2.24) is 9.03 Å². The minimum absolute atomic E-state index is 0.301. The Balaban J connectivity index is 1.90. The molecule has 19 heavy (non-hydrogen) atoms. The molecule has 0 spiro atoms. The Morgan fingerprint density at radius 2 is 1.95 bits per heavy atom. The molecule has 110 valence electrons. The lowest BCUT2D eigenvalue weighted by atomic mass is 9.83. The van der Waals surface area contributed by atoms with Gasteiger partial charge in [0.2, 0.25) is 0 Å². The Morgan fingerprint density at radius 3 is 2.53 bits per heavy atom. The predicted molar refractivity (Wildman–Crippen MR) is 70.9 cm³/mol. The standard InChI is InChI=1S/C12H22N2O4S/c15-12(16)11-6-1-2-9-14(11)19(17,18)13-8-7-10-4-3-5-10/h10-11,13H,1-9H2,(H,15,16). The molecule has 6 nitrogen and oxygen atoms in total. The highest BCUT2D eigenvalue weighted by atomic mass is 32.2. The molecule has 2 N–H and O–H groups in total. The zero-order chi connectivity index (χ0) is 13.9. The lowest BCUT2D eigenvalue weighted by Gasteiger charge is -2.32. The molecule has 0 aromatic rings. The summed E-state index contributed by atoms with van der Waals surface area (Å²) in [6.45, 7) is 0.714. The summed E-state index contributed by atoms with van der Waals surface area (Å²) in [5, 5.41) is 9.10. The molecule has 1 aliphatic carbocycles. The van der Waals surface area contributed by atoms with Crippen molar-refractivity contribution in [2.75, 3.05) is 13.1 Å². The molecular formula is C12H22N2O4S. The topological polar surface area (TPSA) is 86.7 Å². The molecule has 7 heteroatoms. The lowest BCUT2D eigenvalue weighted by Crippen LogP contribution is -2.52. The van der Waals surface area contributed by atoms with E-state index in [1.54, 1.807) is 0 Å². The number of carboxylic acids is 1. The summed E-state index contributed by atoms with van der Waals surface area (Å²) in [7, 11) is -3.65. The summed E-state index contributed by atoms with van der Waals surface area (Å²) in [6, 6.07) is -0.907. The van der Waals surface area contributed by atoms with Crippen LogP contribution in [0.25, 0.3) is 0 Å². The molecule has 2 rings (SSSR count). The highest BCUT2D eigenvalue weighted by molar-refractivity contribution is 7.87. The lowest BCUT2D eigenvalue weighted by molar-refractivity contribution is -0.142. The fourth-order valence-electron chi connectivity index (χ4n) is 2.70. The third-order valence-electron chi connectivity index (χ3n) is 4.11. The number of rotatable bonds is 6. The van der Waals surface area contributed by atoms with Gasteiger partial charge in [0.05, 0.1) is 0 Å². The van der Waals surface area contributed by atoms with Crippen LogP contribution in [-0.2, 0) is 15.0 Å². The Morgan fingerprint density at radius 1 is 1.21 bits per heavy atom. The van der Waals surface area contributed by atoms with Crippen molar-refractivity contribution < 1.29 is 18.3 Å². The second kappa shape index (κ2) is 6.19. The summed E-state index contributed by atoms with van der Waals surface area (Å²) in [4.78, 5) is 11.1. The Bertz CT molecular complexity index is 419. The number of hydrogen-bond acceptors (Lipinski definition) is 3. The summed E-state index contributed by atoms with van der Waals surface area (Å²) in [6.07, 6.45) is 6.36. The van der Waals surface area contributed by atoms with Crippen molar-refractivity contribution >= 4 is 16.2 Å². The van der Waals surface area contributed by atoms with Gasteiger partial charge in [-0.05, 0) is 31.6 Å². The van der Waals surface area contributed by atoms with Gasteiger partial charge < -0.3 is 5.11 Å². The van der Waals surface area contributed by atoms with Crippen molar-refractivity contribution in [2.24, 2.45) is 5.92 Å². The van der Waals surface area contributed by atoms with Crippen molar-refractivity contribution in [1.29, 1.82) is 0 Å². The summed E-state index contributed by atoms with van der Waals surface area (Å²) in [5.74, 6) is -0.414. The van der Waals surface area contributed by atoms with Gasteiger partial charge in [0.15, 0.2) is 0 Å². The maximum atomic E-state index is 12.1. The maximum Gasteiger partial charge on any atom is 0.322 e. The van der Waals surface area contributed by atoms with Gasteiger partial charge in [-0.1, -0.05) is 19.3 Å². The second-order valence-corrected chi connectivity index (χ2v) is 7.15. The van der Waals surface area contributed by atoms with Gasteiger partial charge in [0, 0.05) is 13.1 Å². The van der Waals surface area contributed by atoms with Crippen LogP contribution in [0, 0.1) is 5.92 Å². The zero-order valence-electron chi connectivity index (χ0n) is 11.0. The number of nitrogens with zero attached hydrogens (tertiary/aromatic N) is 1. The predicted octanol–water partition coefficient (Wildman–Crippen LogP) is 0.950. The molecule has 0 aromatic heterocycles. The quantitative estimate of drug-likeness (QED) is 0.762. The van der Waals surface area contributed by atoms with Crippen LogP contribution >= 0.6 is 0 Å². The molecular weight excluding hydrogens is 268 g/mol. The third kappa shape index (κ3) is 3.67. The van der Waals surface area contributed by atoms with Crippen LogP contribution in [0.5, 0.6) is 0 Å². The second-order valence-electron chi connectivity index (χ2n) is 5.45. The van der Waals surface area contributed by atoms with Crippen molar-refractivity contribution in [3.05, 3.63) is 0 Å². The minimum Gasteiger partial charge on any atom is -0.480 e. The van der Waals surface area contributed by atoms with E-state index in [0.717, 1.165) is 23.6 Å². The molecule has 1 aliphatic heterocycles. The molecule has 1 unspecified atom stereocenters. The minimum atomic E-state index is -3.65. The highest BCUT2D eigenvalue weighted by Crippen LogP contribution is 2.29. The van der Waals surface area contributed by atoms with Gasteiger partial charge >= 0.3 is 5.97 Å². The molecule has 0 amide bonds. The van der Waals surface area contributed by atoms with E-state index in [2.05, 4.69) is 4.72 Å². The Labute approximate surface area is 114 Å². The molecule has 1 saturated carbocycles. The Kier molecular flexibility index (Phi) is 4.81. The van der Waals surface area contributed by atoms with Gasteiger partial charge in [0.1, 0.15) is 6.04 Å². The number of hydrogen-bond donors (Lipinski definition) is 2. The Hall–Kier alpha value is -0.660. The van der Waals surface area contributed by atoms with Crippen molar-refractivity contribution in [3.8, 4) is 0 Å². The van der Waals surface area contributed by atoms with Crippen molar-refractivity contribution in [3.63, 3.8) is 0 Å². The summed E-state index contributed by atoms with van der Waals surface area (Å²) >= 11 is 0. The van der Waals surface area contributed by atoms with Crippen LogP contribution in [0.15, 0.2) is 0 Å². The number of aliphatic carboxylic acids is 1. The van der Waals surface area contributed by atoms with E-state index < -0.39 is 22.2 Å². The van der Waals surface area contributed by atoms with Crippen LogP contribution in [0.2, 0.25) is 0 Å². The molecule has 0 aromatic carbocycles. The van der Waals surface area contributed by atoms with E-state index in [1.165, 1.54) is 19.3 Å². The van der Waals surface area contributed by atoms with E-state index in [-0.39, 0.29) is 0 Å². The van der Waals surface area contributed by atoms with E-state index in [4.69, 9.17) is 5.11 Å². The van der Waals surface area contributed by atoms with Crippen LogP contribution in [0.3, 0.4) is 0 Å². The molecule has 2 aliphatic rings. The van der Waals surface area contributed by atoms with Gasteiger partial charge in [-0.25, -0.2) is 4.72 Å². The average Bonchev–Trinajstić information content (AvgIpc) is 2.32. The first-order chi connectivity index (χ1) is 9.00. The first-order valence-electron chi connectivity index (χ1n) is 7.00. The van der Waals surface area contributed by atoms with Gasteiger partial charge in [-0.2, -0.15) is 12.7 Å². The van der Waals surface area contributed by atoms with Crippen LogP contribution in [0.4, 0.5) is 0 Å². The first-order valence-corrected chi connectivity index (χ1v) is 8.44. The molecule has 1 saturated heterocycles. The fourth-order valence-corrected chi connectivity index (χ4v) is 4.14. The van der Waals surface area contributed by atoms with Gasteiger partial charge in [-0.3, -0.25) is 4.79 Å². The van der Waals surface area contributed by atoms with Crippen molar-refractivity contribution in [2.45, 2.75) is 51.0 Å². The number of nitrogens with one attached hydrogen (secondary N) is 1. The third-order valence-corrected chi connectivity index (χ3v) is 5.73. The normalized spacial score (nSPS) is 26.0. The number of carbonyl (C=O) groups is 1. The maximum absolute atomic E-state index is 12.1. The highest BCUT2D eigenvalue weighted by Gasteiger charge is 2.36. The fraction of sp³-hybridized carbons (Fsp3) is 0.917. The summed E-state index contributed by atoms with van der Waals surface area (Å²) < 4.78 is 27.9. The van der Waals surface area contributed by atoms with E-state index in [9.17, 15) is 13.2 Å². The van der Waals surface area contributed by atoms with Crippen LogP contribution < -0.4 is 4.72 Å². The zero-order valence-corrected chi connectivity index (χ0v) is 11.9. The van der Waals surface area contributed by atoms with Crippen LogP contribution in [0.1, 0.15) is 44.9 Å². The number of piperidine rings is 1. The molecule has 1 atom stereocenters. The molecule has 2 fully saturated rings. The number of carboxylic acid groups (broad SMARTS) is 1. The smallest absolute Gasteiger partial charge is 0.322 e. The van der Waals surface area contributed by atoms with Crippen LogP contribution in [-0.4, -0.2) is 42.9 Å².